The van der Waals surface area contributed by atoms with Crippen LogP contribution in [0.3, 0.4) is 0 Å². The van der Waals surface area contributed by atoms with E-state index in [4.69, 9.17) is 11.5 Å². The summed E-state index contributed by atoms with van der Waals surface area (Å²) in [5.41, 5.74) is 14.8. The second kappa shape index (κ2) is 8.94. The summed E-state index contributed by atoms with van der Waals surface area (Å²) in [5.74, 6) is -0.0278. The van der Waals surface area contributed by atoms with Crippen molar-refractivity contribution in [3.63, 3.8) is 0 Å². The first kappa shape index (κ1) is 19.4. The van der Waals surface area contributed by atoms with Gasteiger partial charge in [-0.2, -0.15) is 0 Å². The van der Waals surface area contributed by atoms with Crippen molar-refractivity contribution < 1.29 is 4.79 Å². The number of benzene rings is 2. The molecule has 2 aromatic carbocycles. The third-order valence-electron chi connectivity index (χ3n) is 3.74. The van der Waals surface area contributed by atoms with E-state index in [-0.39, 0.29) is 24.3 Å². The highest BCUT2D eigenvalue weighted by atomic mass is 35.5. The van der Waals surface area contributed by atoms with Gasteiger partial charge >= 0.3 is 0 Å². The molecule has 6 nitrogen and oxygen atoms in total. The number of amides is 1. The number of rotatable bonds is 5. The summed E-state index contributed by atoms with van der Waals surface area (Å²) in [4.78, 5) is 20.4. The maximum atomic E-state index is 12.3. The number of carbonyl (C=O) groups excluding carboxylic acids is 1. The lowest BCUT2D eigenvalue weighted by molar-refractivity contribution is -0.117. The third-order valence-corrected chi connectivity index (χ3v) is 3.74. The van der Waals surface area contributed by atoms with Crippen LogP contribution in [0.25, 0.3) is 11.3 Å². The summed E-state index contributed by atoms with van der Waals surface area (Å²) < 4.78 is 0. The molecule has 0 unspecified atom stereocenters. The van der Waals surface area contributed by atoms with Gasteiger partial charge in [0.05, 0.1) is 11.7 Å². The van der Waals surface area contributed by atoms with Crippen molar-refractivity contribution in [3.05, 3.63) is 72.4 Å². The fourth-order valence-electron chi connectivity index (χ4n) is 2.49. The monoisotopic (exact) mass is 369 g/mol. The molecule has 1 aromatic heterocycles. The van der Waals surface area contributed by atoms with Crippen molar-refractivity contribution in [2.45, 2.75) is 12.5 Å². The van der Waals surface area contributed by atoms with Gasteiger partial charge < -0.3 is 16.8 Å². The van der Waals surface area contributed by atoms with E-state index in [2.05, 4.69) is 15.3 Å². The fraction of sp³-hybridized carbons (Fsp3) is 0.105. The molecule has 0 saturated heterocycles. The van der Waals surface area contributed by atoms with Gasteiger partial charge in [0.2, 0.25) is 11.9 Å². The molecule has 0 saturated carbocycles. The van der Waals surface area contributed by atoms with Crippen LogP contribution in [0.5, 0.6) is 0 Å². The van der Waals surface area contributed by atoms with E-state index < -0.39 is 6.04 Å². The van der Waals surface area contributed by atoms with Crippen LogP contribution in [-0.2, 0) is 11.2 Å². The van der Waals surface area contributed by atoms with Gasteiger partial charge in [0, 0.05) is 17.4 Å². The Morgan fingerprint density at radius 1 is 1.08 bits per heavy atom. The van der Waals surface area contributed by atoms with Gasteiger partial charge in [0.1, 0.15) is 0 Å². The molecule has 0 aliphatic heterocycles. The van der Waals surface area contributed by atoms with Crippen molar-refractivity contribution >= 4 is 29.9 Å². The topological polar surface area (TPSA) is 107 Å². The Labute approximate surface area is 158 Å². The molecule has 1 amide bonds. The molecular weight excluding hydrogens is 350 g/mol. The first-order valence-electron chi connectivity index (χ1n) is 7.91. The average molecular weight is 370 g/mol. The maximum absolute atomic E-state index is 12.3. The van der Waals surface area contributed by atoms with E-state index in [9.17, 15) is 4.79 Å². The smallest absolute Gasteiger partial charge is 0.241 e. The van der Waals surface area contributed by atoms with E-state index >= 15 is 0 Å². The zero-order valence-electron chi connectivity index (χ0n) is 14.0. The Morgan fingerprint density at radius 3 is 2.58 bits per heavy atom. The minimum atomic E-state index is -0.624. The SMILES string of the molecule is Cl.Nc1nccc(-c2cccc(NC(=O)[C@H](N)Cc3ccccc3)c2)n1. The minimum Gasteiger partial charge on any atom is -0.368 e. The zero-order chi connectivity index (χ0) is 17.6. The lowest BCUT2D eigenvalue weighted by Gasteiger charge is -2.13. The van der Waals surface area contributed by atoms with Crippen LogP contribution in [0, 0.1) is 0 Å². The highest BCUT2D eigenvalue weighted by molar-refractivity contribution is 5.95. The van der Waals surface area contributed by atoms with Gasteiger partial charge in [-0.15, -0.1) is 12.4 Å². The van der Waals surface area contributed by atoms with Gasteiger partial charge in [-0.25, -0.2) is 9.97 Å². The zero-order valence-corrected chi connectivity index (χ0v) is 14.8. The second-order valence-corrected chi connectivity index (χ2v) is 5.67. The van der Waals surface area contributed by atoms with Crippen LogP contribution in [-0.4, -0.2) is 21.9 Å². The molecule has 1 heterocycles. The molecule has 26 heavy (non-hydrogen) atoms. The number of hydrogen-bond acceptors (Lipinski definition) is 5. The Morgan fingerprint density at radius 2 is 1.85 bits per heavy atom. The number of nitrogen functional groups attached to an aromatic ring is 1. The average Bonchev–Trinajstić information content (AvgIpc) is 2.63. The van der Waals surface area contributed by atoms with Crippen molar-refractivity contribution in [1.82, 2.24) is 9.97 Å². The lowest BCUT2D eigenvalue weighted by atomic mass is 10.1. The van der Waals surface area contributed by atoms with Crippen molar-refractivity contribution in [2.24, 2.45) is 5.73 Å². The Kier molecular flexibility index (Phi) is 6.66. The Hall–Kier alpha value is -2.96. The fourth-order valence-corrected chi connectivity index (χ4v) is 2.49. The molecule has 3 rings (SSSR count). The number of nitrogens with one attached hydrogen (secondary N) is 1. The van der Waals surface area contributed by atoms with Gasteiger partial charge in [0.15, 0.2) is 0 Å². The molecule has 7 heteroatoms. The van der Waals surface area contributed by atoms with Crippen molar-refractivity contribution in [1.29, 1.82) is 0 Å². The quantitative estimate of drug-likeness (QED) is 0.641. The largest absolute Gasteiger partial charge is 0.368 e. The van der Waals surface area contributed by atoms with Gasteiger partial charge in [-0.3, -0.25) is 4.79 Å². The summed E-state index contributed by atoms with van der Waals surface area (Å²) in [6.07, 6.45) is 2.08. The predicted octanol–water partition coefficient (Wildman–Crippen LogP) is 2.66. The molecule has 5 N–H and O–H groups in total. The Bertz CT molecular complexity index is 873. The first-order chi connectivity index (χ1) is 12.1. The van der Waals surface area contributed by atoms with Crippen LogP contribution in [0.1, 0.15) is 5.56 Å². The number of nitrogens with two attached hydrogens (primary N) is 2. The normalized spacial score (nSPS) is 11.3. The van der Waals surface area contributed by atoms with Gasteiger partial charge in [-0.05, 0) is 30.2 Å². The number of hydrogen-bond donors (Lipinski definition) is 3. The number of carbonyl (C=O) groups is 1. The van der Waals surface area contributed by atoms with Crippen LogP contribution in [0.15, 0.2) is 66.9 Å². The predicted molar refractivity (Wildman–Crippen MR) is 106 cm³/mol. The van der Waals surface area contributed by atoms with E-state index in [1.807, 2.05) is 48.5 Å². The van der Waals surface area contributed by atoms with E-state index in [1.165, 1.54) is 0 Å². The molecule has 0 radical (unpaired) electrons. The molecular formula is C19H20ClN5O. The number of halogens is 1. The van der Waals surface area contributed by atoms with Crippen LogP contribution >= 0.6 is 12.4 Å². The van der Waals surface area contributed by atoms with E-state index in [1.54, 1.807) is 18.3 Å². The van der Waals surface area contributed by atoms with E-state index in [0.29, 0.717) is 17.8 Å². The molecule has 0 aliphatic rings. The minimum absolute atomic E-state index is 0. The molecule has 134 valence electrons. The third kappa shape index (κ3) is 5.02. The number of aromatic nitrogens is 2. The number of nitrogens with zero attached hydrogens (tertiary/aromatic N) is 2. The molecule has 1 atom stereocenters. The maximum Gasteiger partial charge on any atom is 0.241 e. The second-order valence-electron chi connectivity index (χ2n) is 5.67. The lowest BCUT2D eigenvalue weighted by Crippen LogP contribution is -2.37. The number of anilines is 2. The van der Waals surface area contributed by atoms with Crippen LogP contribution in [0.4, 0.5) is 11.6 Å². The summed E-state index contributed by atoms with van der Waals surface area (Å²) in [6.45, 7) is 0. The molecule has 3 aromatic rings. The highest BCUT2D eigenvalue weighted by Gasteiger charge is 2.14. The molecule has 0 aliphatic carbocycles. The van der Waals surface area contributed by atoms with Crippen LogP contribution in [0.2, 0.25) is 0 Å². The van der Waals surface area contributed by atoms with Crippen molar-refractivity contribution in [2.75, 3.05) is 11.1 Å². The highest BCUT2D eigenvalue weighted by Crippen LogP contribution is 2.21. The summed E-state index contributed by atoms with van der Waals surface area (Å²) in [7, 11) is 0. The summed E-state index contributed by atoms with van der Waals surface area (Å²) >= 11 is 0. The Balaban J connectivity index is 0.00000243. The van der Waals surface area contributed by atoms with E-state index in [0.717, 1.165) is 11.1 Å². The summed E-state index contributed by atoms with van der Waals surface area (Å²) in [6, 6.07) is 18.2. The first-order valence-corrected chi connectivity index (χ1v) is 7.91. The summed E-state index contributed by atoms with van der Waals surface area (Å²) in [5, 5.41) is 2.85. The van der Waals surface area contributed by atoms with Crippen molar-refractivity contribution in [3.8, 4) is 11.3 Å². The molecule has 0 fully saturated rings. The van der Waals surface area contributed by atoms with Gasteiger partial charge in [-0.1, -0.05) is 42.5 Å². The molecule has 0 spiro atoms. The molecule has 0 bridgehead atoms. The standard InChI is InChI=1S/C19H19N5O.ClH/c20-16(11-13-5-2-1-3-6-13)18(25)23-15-8-4-7-14(12-15)17-9-10-22-19(21)24-17;/h1-10,12,16H,11,20H2,(H,23,25)(H2,21,22,24);1H/t16-;/m1./s1. The van der Waals surface area contributed by atoms with Gasteiger partial charge in [0.25, 0.3) is 0 Å². The van der Waals surface area contributed by atoms with Crippen LogP contribution < -0.4 is 16.8 Å².